The highest BCUT2D eigenvalue weighted by molar-refractivity contribution is 6.16. The van der Waals surface area contributed by atoms with Crippen LogP contribution in [0.2, 0.25) is 0 Å². The second-order valence-corrected chi connectivity index (χ2v) is 5.98. The van der Waals surface area contributed by atoms with Crippen LogP contribution < -0.4 is 28.4 Å². The molecule has 0 spiro atoms. The highest BCUT2D eigenvalue weighted by atomic mass is 16.5. The molecule has 2 rings (SSSR count). The molecule has 9 nitrogen and oxygen atoms in total. The van der Waals surface area contributed by atoms with Gasteiger partial charge in [-0.05, 0) is 12.1 Å². The van der Waals surface area contributed by atoms with Crippen LogP contribution in [0.15, 0.2) is 18.2 Å². The van der Waals surface area contributed by atoms with Crippen molar-refractivity contribution < 1.29 is 43.1 Å². The SMILES string of the molecule is COc1cc(C(=O)CC(=O)c2c(OC)cc(OC)c(OC)c2O)cc(OC)c1OC. The van der Waals surface area contributed by atoms with Crippen molar-refractivity contribution in [2.24, 2.45) is 0 Å². The molecular formula is C21H24O9. The summed E-state index contributed by atoms with van der Waals surface area (Å²) in [7, 11) is 8.31. The van der Waals surface area contributed by atoms with E-state index in [0.717, 1.165) is 0 Å². The Labute approximate surface area is 174 Å². The van der Waals surface area contributed by atoms with Crippen molar-refractivity contribution >= 4 is 11.6 Å². The molecule has 0 saturated carbocycles. The average molecular weight is 420 g/mol. The number of phenolic OH excluding ortho intramolecular Hbond substituents is 1. The lowest BCUT2D eigenvalue weighted by Crippen LogP contribution is -2.11. The molecule has 0 bridgehead atoms. The highest BCUT2D eigenvalue weighted by Crippen LogP contribution is 2.45. The van der Waals surface area contributed by atoms with Gasteiger partial charge in [0.1, 0.15) is 11.3 Å². The van der Waals surface area contributed by atoms with Gasteiger partial charge in [-0.25, -0.2) is 0 Å². The maximum Gasteiger partial charge on any atom is 0.204 e. The smallest absolute Gasteiger partial charge is 0.204 e. The Balaban J connectivity index is 2.45. The number of aromatic hydroxyl groups is 1. The number of hydrogen-bond acceptors (Lipinski definition) is 9. The molecule has 0 aliphatic heterocycles. The van der Waals surface area contributed by atoms with Crippen molar-refractivity contribution in [3.8, 4) is 40.2 Å². The topological polar surface area (TPSA) is 110 Å². The van der Waals surface area contributed by atoms with E-state index in [1.54, 1.807) is 0 Å². The summed E-state index contributed by atoms with van der Waals surface area (Å²) in [5.74, 6) is -0.592. The molecule has 1 N–H and O–H groups in total. The van der Waals surface area contributed by atoms with Crippen molar-refractivity contribution in [3.63, 3.8) is 0 Å². The quantitative estimate of drug-likeness (QED) is 0.458. The number of Topliss-reactive ketones (excluding diaryl/α,β-unsaturated/α-hetero) is 2. The number of benzene rings is 2. The van der Waals surface area contributed by atoms with Gasteiger partial charge in [-0.3, -0.25) is 9.59 Å². The third kappa shape index (κ3) is 4.19. The monoisotopic (exact) mass is 420 g/mol. The molecule has 162 valence electrons. The number of rotatable bonds is 10. The lowest BCUT2D eigenvalue weighted by molar-refractivity contribution is 0.0890. The molecule has 0 heterocycles. The lowest BCUT2D eigenvalue weighted by atomic mass is 9.99. The van der Waals surface area contributed by atoms with Gasteiger partial charge in [0.2, 0.25) is 11.5 Å². The van der Waals surface area contributed by atoms with Gasteiger partial charge in [-0.2, -0.15) is 0 Å². The van der Waals surface area contributed by atoms with Crippen molar-refractivity contribution in [1.29, 1.82) is 0 Å². The minimum absolute atomic E-state index is 0.0399. The van der Waals surface area contributed by atoms with E-state index in [1.165, 1.54) is 60.9 Å². The third-order valence-electron chi connectivity index (χ3n) is 4.41. The molecule has 0 radical (unpaired) electrons. The largest absolute Gasteiger partial charge is 0.504 e. The Morgan fingerprint density at radius 1 is 0.667 bits per heavy atom. The Morgan fingerprint density at radius 2 is 1.13 bits per heavy atom. The molecule has 0 aromatic heterocycles. The summed E-state index contributed by atoms with van der Waals surface area (Å²) in [6.07, 6.45) is -0.544. The highest BCUT2D eigenvalue weighted by Gasteiger charge is 2.27. The van der Waals surface area contributed by atoms with E-state index in [1.807, 2.05) is 0 Å². The summed E-state index contributed by atoms with van der Waals surface area (Å²) in [4.78, 5) is 25.7. The van der Waals surface area contributed by atoms with Gasteiger partial charge in [0.05, 0.1) is 49.1 Å². The zero-order chi connectivity index (χ0) is 22.4. The van der Waals surface area contributed by atoms with Crippen LogP contribution in [0.5, 0.6) is 40.2 Å². The van der Waals surface area contributed by atoms with Crippen molar-refractivity contribution in [1.82, 2.24) is 0 Å². The Bertz CT molecular complexity index is 925. The van der Waals surface area contributed by atoms with Crippen molar-refractivity contribution in [3.05, 3.63) is 29.3 Å². The molecule has 30 heavy (non-hydrogen) atoms. The molecule has 2 aromatic rings. The zero-order valence-electron chi connectivity index (χ0n) is 17.7. The number of hydrogen-bond donors (Lipinski definition) is 1. The Kier molecular flexibility index (Phi) is 7.35. The third-order valence-corrected chi connectivity index (χ3v) is 4.41. The fourth-order valence-electron chi connectivity index (χ4n) is 2.96. The van der Waals surface area contributed by atoms with Crippen molar-refractivity contribution in [2.75, 3.05) is 42.7 Å². The van der Waals surface area contributed by atoms with Gasteiger partial charge in [0.25, 0.3) is 0 Å². The summed E-state index contributed by atoms with van der Waals surface area (Å²) >= 11 is 0. The summed E-state index contributed by atoms with van der Waals surface area (Å²) < 4.78 is 31.2. The molecular weight excluding hydrogens is 396 g/mol. The molecule has 2 aromatic carbocycles. The number of carbonyl (C=O) groups excluding carboxylic acids is 2. The van der Waals surface area contributed by atoms with Gasteiger partial charge in [0.15, 0.2) is 34.6 Å². The van der Waals surface area contributed by atoms with Crippen LogP contribution in [0, 0.1) is 0 Å². The fourth-order valence-corrected chi connectivity index (χ4v) is 2.96. The van der Waals surface area contributed by atoms with E-state index in [2.05, 4.69) is 0 Å². The van der Waals surface area contributed by atoms with Gasteiger partial charge >= 0.3 is 0 Å². The van der Waals surface area contributed by atoms with Gasteiger partial charge in [-0.1, -0.05) is 0 Å². The normalized spacial score (nSPS) is 10.2. The van der Waals surface area contributed by atoms with E-state index in [-0.39, 0.29) is 39.9 Å². The van der Waals surface area contributed by atoms with Crippen molar-refractivity contribution in [2.45, 2.75) is 6.42 Å². The number of ether oxygens (including phenoxy) is 6. The first kappa shape index (κ1) is 22.7. The van der Waals surface area contributed by atoms with Crippen LogP contribution in [-0.4, -0.2) is 59.3 Å². The number of methoxy groups -OCH3 is 6. The summed E-state index contributed by atoms with van der Waals surface area (Å²) in [5.41, 5.74) is -0.00674. The number of ketones is 2. The number of carbonyl (C=O) groups is 2. The maximum atomic E-state index is 12.9. The Hall–Kier alpha value is -3.62. The molecule has 9 heteroatoms. The zero-order valence-corrected chi connectivity index (χ0v) is 17.7. The minimum atomic E-state index is -0.663. The van der Waals surface area contributed by atoms with Crippen LogP contribution in [0.25, 0.3) is 0 Å². The van der Waals surface area contributed by atoms with Crippen LogP contribution >= 0.6 is 0 Å². The molecule has 0 fully saturated rings. The van der Waals surface area contributed by atoms with Crippen LogP contribution in [0.1, 0.15) is 27.1 Å². The number of phenols is 1. The summed E-state index contributed by atoms with van der Waals surface area (Å²) in [6, 6.07) is 4.29. The molecule has 0 aliphatic rings. The van der Waals surface area contributed by atoms with Crippen LogP contribution in [0.3, 0.4) is 0 Å². The van der Waals surface area contributed by atoms with Gasteiger partial charge < -0.3 is 33.5 Å². The predicted molar refractivity (Wildman–Crippen MR) is 107 cm³/mol. The van der Waals surface area contributed by atoms with E-state index in [0.29, 0.717) is 5.75 Å². The average Bonchev–Trinajstić information content (AvgIpc) is 2.76. The Morgan fingerprint density at radius 3 is 1.57 bits per heavy atom. The van der Waals surface area contributed by atoms with Gasteiger partial charge in [0, 0.05) is 11.6 Å². The summed E-state index contributed by atoms with van der Waals surface area (Å²) in [6.45, 7) is 0. The second kappa shape index (κ2) is 9.73. The van der Waals surface area contributed by atoms with Gasteiger partial charge in [-0.15, -0.1) is 0 Å². The van der Waals surface area contributed by atoms with E-state index in [9.17, 15) is 14.7 Å². The van der Waals surface area contributed by atoms with E-state index >= 15 is 0 Å². The summed E-state index contributed by atoms with van der Waals surface area (Å²) in [5, 5.41) is 10.5. The van der Waals surface area contributed by atoms with E-state index in [4.69, 9.17) is 28.4 Å². The maximum absolute atomic E-state index is 12.9. The predicted octanol–water partition coefficient (Wildman–Crippen LogP) is 2.90. The molecule has 0 saturated heterocycles. The standard InChI is InChI=1S/C21H24O9/c1-25-14-10-17(28-4)21(30-6)19(24)18(14)13(23)9-12(22)11-7-15(26-2)20(29-5)16(8-11)27-3/h7-8,10,24H,9H2,1-6H3. The fraction of sp³-hybridized carbons (Fsp3) is 0.333. The molecule has 0 unspecified atom stereocenters. The first-order chi connectivity index (χ1) is 14.4. The molecule has 0 amide bonds. The first-order valence-electron chi connectivity index (χ1n) is 8.75. The molecule has 0 atom stereocenters. The van der Waals surface area contributed by atoms with Crippen LogP contribution in [0.4, 0.5) is 0 Å². The van der Waals surface area contributed by atoms with E-state index < -0.39 is 23.7 Å². The lowest BCUT2D eigenvalue weighted by Gasteiger charge is -2.16. The molecule has 0 aliphatic carbocycles. The van der Waals surface area contributed by atoms with Crippen LogP contribution in [-0.2, 0) is 0 Å². The minimum Gasteiger partial charge on any atom is -0.504 e. The first-order valence-corrected chi connectivity index (χ1v) is 8.75. The second-order valence-electron chi connectivity index (χ2n) is 5.98.